The fourth-order valence-electron chi connectivity index (χ4n) is 3.58. The van der Waals surface area contributed by atoms with Crippen LogP contribution in [-0.2, 0) is 0 Å². The first-order valence-electron chi connectivity index (χ1n) is 7.89. The monoisotopic (exact) mass is 293 g/mol. The molecule has 0 spiro atoms. The molecule has 1 aromatic heterocycles. The highest BCUT2D eigenvalue weighted by molar-refractivity contribution is 6.23. The number of rotatable bonds is 1. The molecular formula is C22H15N. The van der Waals surface area contributed by atoms with E-state index in [2.05, 4.69) is 89.9 Å². The van der Waals surface area contributed by atoms with Crippen LogP contribution in [0.25, 0.3) is 43.7 Å². The normalized spacial score (nSPS) is 11.5. The molecule has 0 saturated carbocycles. The van der Waals surface area contributed by atoms with Gasteiger partial charge in [0, 0.05) is 21.8 Å². The summed E-state index contributed by atoms with van der Waals surface area (Å²) >= 11 is 0. The Kier molecular flexibility index (Phi) is 2.56. The Morgan fingerprint density at radius 1 is 0.522 bits per heavy atom. The Balaban J connectivity index is 2.04. The van der Waals surface area contributed by atoms with Crippen molar-refractivity contribution < 1.29 is 0 Å². The van der Waals surface area contributed by atoms with Crippen LogP contribution in [0.15, 0.2) is 84.9 Å². The Bertz CT molecular complexity index is 1150. The van der Waals surface area contributed by atoms with Gasteiger partial charge in [0.2, 0.25) is 0 Å². The largest absolute Gasteiger partial charge is 0.354 e. The molecule has 0 aliphatic carbocycles. The van der Waals surface area contributed by atoms with E-state index in [0.29, 0.717) is 0 Å². The van der Waals surface area contributed by atoms with Gasteiger partial charge < -0.3 is 4.98 Å². The van der Waals surface area contributed by atoms with Crippen LogP contribution in [0, 0.1) is 0 Å². The van der Waals surface area contributed by atoms with Gasteiger partial charge in [0.15, 0.2) is 0 Å². The Morgan fingerprint density at radius 3 is 2.26 bits per heavy atom. The maximum Gasteiger partial charge on any atom is 0.0471 e. The molecule has 1 heterocycles. The highest BCUT2D eigenvalue weighted by Crippen LogP contribution is 2.37. The van der Waals surface area contributed by atoms with Gasteiger partial charge in [-0.15, -0.1) is 0 Å². The summed E-state index contributed by atoms with van der Waals surface area (Å²) in [7, 11) is 0. The summed E-state index contributed by atoms with van der Waals surface area (Å²) in [6, 6.07) is 30.1. The van der Waals surface area contributed by atoms with E-state index in [9.17, 15) is 0 Å². The number of benzene rings is 4. The number of hydrogen-bond acceptors (Lipinski definition) is 0. The molecule has 0 aliphatic heterocycles. The van der Waals surface area contributed by atoms with E-state index >= 15 is 0 Å². The van der Waals surface area contributed by atoms with Crippen LogP contribution < -0.4 is 0 Å². The highest BCUT2D eigenvalue weighted by atomic mass is 14.7. The summed E-state index contributed by atoms with van der Waals surface area (Å²) in [6.07, 6.45) is 0. The number of H-pyrrole nitrogens is 1. The molecule has 0 amide bonds. The summed E-state index contributed by atoms with van der Waals surface area (Å²) in [5.74, 6) is 0. The molecule has 0 saturated heterocycles. The number of aromatic amines is 1. The van der Waals surface area contributed by atoms with Gasteiger partial charge in [0.1, 0.15) is 0 Å². The molecular weight excluding hydrogens is 278 g/mol. The molecule has 0 fully saturated rings. The van der Waals surface area contributed by atoms with Crippen LogP contribution in [0.4, 0.5) is 0 Å². The maximum atomic E-state index is 3.55. The molecule has 0 bridgehead atoms. The third-order valence-electron chi connectivity index (χ3n) is 4.60. The molecule has 23 heavy (non-hydrogen) atoms. The summed E-state index contributed by atoms with van der Waals surface area (Å²) in [4.78, 5) is 3.55. The van der Waals surface area contributed by atoms with E-state index in [-0.39, 0.29) is 0 Å². The Hall–Kier alpha value is -3.06. The number of nitrogens with one attached hydrogen (secondary N) is 1. The number of hydrogen-bond donors (Lipinski definition) is 1. The van der Waals surface area contributed by atoms with Crippen LogP contribution in [0.3, 0.4) is 0 Å². The van der Waals surface area contributed by atoms with Crippen LogP contribution in [0.1, 0.15) is 0 Å². The fourth-order valence-corrected chi connectivity index (χ4v) is 3.58. The summed E-state index contributed by atoms with van der Waals surface area (Å²) in [6.45, 7) is 0. The smallest absolute Gasteiger partial charge is 0.0471 e. The minimum Gasteiger partial charge on any atom is -0.354 e. The number of fused-ring (bicyclic) bond motifs is 5. The molecule has 1 nitrogen and oxygen atoms in total. The van der Waals surface area contributed by atoms with Crippen molar-refractivity contribution in [1.82, 2.24) is 4.98 Å². The first-order chi connectivity index (χ1) is 11.4. The molecule has 1 heteroatoms. The molecule has 0 unspecified atom stereocenters. The Labute approximate surface area is 134 Å². The standard InChI is InChI=1S/C22H15N/c1-2-7-15(8-3-1)17-11-6-9-16-13-14-20-22(21(16)17)18-10-4-5-12-19(18)23-20/h1-14,23H. The first kappa shape index (κ1) is 12.5. The number of aromatic nitrogens is 1. The fraction of sp³-hybridized carbons (Fsp3) is 0. The van der Waals surface area contributed by atoms with E-state index in [1.165, 1.54) is 43.7 Å². The predicted molar refractivity (Wildman–Crippen MR) is 98.7 cm³/mol. The van der Waals surface area contributed by atoms with Gasteiger partial charge in [-0.25, -0.2) is 0 Å². The average Bonchev–Trinajstić information content (AvgIpc) is 3.01. The molecule has 1 N–H and O–H groups in total. The van der Waals surface area contributed by atoms with Gasteiger partial charge in [-0.2, -0.15) is 0 Å². The van der Waals surface area contributed by atoms with Gasteiger partial charge >= 0.3 is 0 Å². The predicted octanol–water partition coefficient (Wildman–Crippen LogP) is 6.14. The van der Waals surface area contributed by atoms with Crippen molar-refractivity contribution in [3.05, 3.63) is 84.9 Å². The van der Waals surface area contributed by atoms with Gasteiger partial charge in [-0.3, -0.25) is 0 Å². The molecule has 108 valence electrons. The zero-order valence-corrected chi connectivity index (χ0v) is 12.6. The highest BCUT2D eigenvalue weighted by Gasteiger charge is 2.11. The van der Waals surface area contributed by atoms with E-state index < -0.39 is 0 Å². The lowest BCUT2D eigenvalue weighted by atomic mass is 9.95. The first-order valence-corrected chi connectivity index (χ1v) is 7.89. The number of para-hydroxylation sites is 1. The zero-order valence-electron chi connectivity index (χ0n) is 12.6. The molecule has 5 aromatic rings. The zero-order chi connectivity index (χ0) is 15.2. The van der Waals surface area contributed by atoms with Crippen LogP contribution in [0.5, 0.6) is 0 Å². The topological polar surface area (TPSA) is 15.8 Å². The van der Waals surface area contributed by atoms with Crippen molar-refractivity contribution in [2.75, 3.05) is 0 Å². The van der Waals surface area contributed by atoms with Crippen LogP contribution >= 0.6 is 0 Å². The molecule has 0 radical (unpaired) electrons. The van der Waals surface area contributed by atoms with Crippen molar-refractivity contribution in [1.29, 1.82) is 0 Å². The van der Waals surface area contributed by atoms with E-state index in [1.807, 2.05) is 0 Å². The van der Waals surface area contributed by atoms with Crippen molar-refractivity contribution in [3.63, 3.8) is 0 Å². The molecule has 5 rings (SSSR count). The average molecular weight is 293 g/mol. The third-order valence-corrected chi connectivity index (χ3v) is 4.60. The second-order valence-corrected chi connectivity index (χ2v) is 5.93. The maximum absolute atomic E-state index is 3.55. The molecule has 4 aromatic carbocycles. The lowest BCUT2D eigenvalue weighted by molar-refractivity contribution is 1.55. The van der Waals surface area contributed by atoms with Crippen molar-refractivity contribution in [2.24, 2.45) is 0 Å². The van der Waals surface area contributed by atoms with Crippen molar-refractivity contribution >= 4 is 32.6 Å². The quantitative estimate of drug-likeness (QED) is 0.382. The van der Waals surface area contributed by atoms with Crippen molar-refractivity contribution in [3.8, 4) is 11.1 Å². The summed E-state index contributed by atoms with van der Waals surface area (Å²) in [5, 5.41) is 5.21. The van der Waals surface area contributed by atoms with E-state index in [1.54, 1.807) is 0 Å². The van der Waals surface area contributed by atoms with Gasteiger partial charge in [0.05, 0.1) is 0 Å². The molecule has 0 atom stereocenters. The second-order valence-electron chi connectivity index (χ2n) is 5.93. The SMILES string of the molecule is c1ccc(-c2cccc3ccc4[nH]c5ccccc5c4c23)cc1. The lowest BCUT2D eigenvalue weighted by Gasteiger charge is -2.09. The van der Waals surface area contributed by atoms with Gasteiger partial charge in [0.25, 0.3) is 0 Å². The van der Waals surface area contributed by atoms with E-state index in [4.69, 9.17) is 0 Å². The lowest BCUT2D eigenvalue weighted by Crippen LogP contribution is -1.82. The van der Waals surface area contributed by atoms with Crippen LogP contribution in [0.2, 0.25) is 0 Å². The minimum atomic E-state index is 1.19. The second kappa shape index (κ2) is 4.72. The van der Waals surface area contributed by atoms with Gasteiger partial charge in [-0.05, 0) is 34.0 Å². The Morgan fingerprint density at radius 2 is 1.35 bits per heavy atom. The van der Waals surface area contributed by atoms with E-state index in [0.717, 1.165) is 0 Å². The van der Waals surface area contributed by atoms with Crippen molar-refractivity contribution in [2.45, 2.75) is 0 Å². The third kappa shape index (κ3) is 1.80. The summed E-state index contributed by atoms with van der Waals surface area (Å²) in [5.41, 5.74) is 4.94. The summed E-state index contributed by atoms with van der Waals surface area (Å²) < 4.78 is 0. The minimum absolute atomic E-state index is 1.19. The van der Waals surface area contributed by atoms with Gasteiger partial charge in [-0.1, -0.05) is 72.8 Å². The molecule has 0 aliphatic rings. The van der Waals surface area contributed by atoms with Crippen LogP contribution in [-0.4, -0.2) is 4.98 Å².